The fraction of sp³-hybridized carbons (Fsp3) is 0.0769. The van der Waals surface area contributed by atoms with E-state index >= 15 is 0 Å². The van der Waals surface area contributed by atoms with Crippen molar-refractivity contribution >= 4 is 111 Å². The van der Waals surface area contributed by atoms with Gasteiger partial charge in [0.05, 0.1) is 0 Å². The van der Waals surface area contributed by atoms with Gasteiger partial charge in [0.25, 0.3) is 0 Å². The molecule has 2 aliphatic carbocycles. The van der Waals surface area contributed by atoms with E-state index in [0.717, 1.165) is 34.1 Å². The van der Waals surface area contributed by atoms with Gasteiger partial charge in [-0.3, -0.25) is 0 Å². The molecule has 0 saturated carbocycles. The Morgan fingerprint density at radius 3 is 1.01 bits per heavy atom. The Labute approximate surface area is 478 Å². The number of benzene rings is 12. The zero-order chi connectivity index (χ0) is 54.4. The summed E-state index contributed by atoms with van der Waals surface area (Å²) in [6.45, 7) is 9.52. The molecule has 0 amide bonds. The summed E-state index contributed by atoms with van der Waals surface area (Å²) in [5.74, 6) is 0. The van der Waals surface area contributed by atoms with Gasteiger partial charge in [0.15, 0.2) is 0 Å². The smallest absolute Gasteiger partial charge is 0.0468 e. The second-order valence-electron chi connectivity index (χ2n) is 23.0. The first kappa shape index (κ1) is 48.6. The lowest BCUT2D eigenvalue weighted by molar-refractivity contribution is 0.660. The summed E-state index contributed by atoms with van der Waals surface area (Å²) in [6, 6.07) is 94.2. The number of para-hydroxylation sites is 2. The highest BCUT2D eigenvalue weighted by Gasteiger charge is 2.38. The fourth-order valence-corrected chi connectivity index (χ4v) is 14.1. The van der Waals surface area contributed by atoms with Crippen molar-refractivity contribution in [3.8, 4) is 22.3 Å². The SMILES string of the molecule is CC1(C)c2cc(/C=C/c3ccc4sc5ccc(/C=C/c6ccc7c(c6)C(C)(C)c6cc(N(c8ccccc8)c8ccc9ccccc9c8)ccc6-7)cc5c4c3)ccc2-c2ccc(N(c3ccccc3)c3ccc4ccccc4c3)cc21. The van der Waals surface area contributed by atoms with Gasteiger partial charge >= 0.3 is 0 Å². The minimum absolute atomic E-state index is 0.184. The van der Waals surface area contributed by atoms with Gasteiger partial charge in [0.2, 0.25) is 0 Å². The number of hydrogen-bond donors (Lipinski definition) is 0. The maximum atomic E-state index is 2.42. The number of nitrogens with zero attached hydrogens (tertiary/aromatic N) is 2. The average Bonchev–Trinajstić information content (AvgIpc) is 4.27. The molecule has 0 aliphatic heterocycles. The summed E-state index contributed by atoms with van der Waals surface area (Å²) < 4.78 is 2.61. The lowest BCUT2D eigenvalue weighted by Crippen LogP contribution is -2.16. The summed E-state index contributed by atoms with van der Waals surface area (Å²) in [5, 5.41) is 7.54. The van der Waals surface area contributed by atoms with Gasteiger partial charge < -0.3 is 9.80 Å². The average molecular weight is 1060 g/mol. The van der Waals surface area contributed by atoms with Crippen molar-refractivity contribution in [3.63, 3.8) is 0 Å². The van der Waals surface area contributed by atoms with Crippen LogP contribution in [0.3, 0.4) is 0 Å². The molecule has 0 fully saturated rings. The zero-order valence-corrected chi connectivity index (χ0v) is 46.7. The van der Waals surface area contributed by atoms with Crippen LogP contribution in [0.1, 0.15) is 72.2 Å². The van der Waals surface area contributed by atoms with E-state index in [2.05, 4.69) is 317 Å². The molecular weight excluding hydrogens is 997 g/mol. The Hall–Kier alpha value is -9.54. The number of fused-ring (bicyclic) bond motifs is 11. The van der Waals surface area contributed by atoms with Crippen LogP contribution in [-0.4, -0.2) is 0 Å². The Morgan fingerprint density at radius 1 is 0.272 bits per heavy atom. The lowest BCUT2D eigenvalue weighted by Gasteiger charge is -2.28. The zero-order valence-electron chi connectivity index (χ0n) is 45.9. The fourth-order valence-electron chi connectivity index (χ4n) is 13.1. The van der Waals surface area contributed by atoms with Gasteiger partial charge in [-0.15, -0.1) is 11.3 Å². The highest BCUT2D eigenvalue weighted by Crippen LogP contribution is 2.53. The van der Waals surface area contributed by atoms with Crippen molar-refractivity contribution < 1.29 is 0 Å². The molecule has 1 aromatic heterocycles. The molecule has 1 heterocycles. The molecule has 2 nitrogen and oxygen atoms in total. The first-order chi connectivity index (χ1) is 39.6. The number of rotatable bonds is 10. The molecule has 0 radical (unpaired) electrons. The van der Waals surface area contributed by atoms with Crippen LogP contribution in [-0.2, 0) is 10.8 Å². The molecular formula is C78H58N2S. The molecule has 0 unspecified atom stereocenters. The molecule has 0 N–H and O–H groups in total. The van der Waals surface area contributed by atoms with Crippen molar-refractivity contribution in [2.24, 2.45) is 0 Å². The third kappa shape index (κ3) is 8.38. The van der Waals surface area contributed by atoms with Crippen molar-refractivity contribution in [1.29, 1.82) is 0 Å². The van der Waals surface area contributed by atoms with Crippen molar-refractivity contribution in [3.05, 3.63) is 299 Å². The van der Waals surface area contributed by atoms with Crippen LogP contribution >= 0.6 is 11.3 Å². The topological polar surface area (TPSA) is 6.48 Å². The van der Waals surface area contributed by atoms with Gasteiger partial charge in [0, 0.05) is 65.1 Å². The van der Waals surface area contributed by atoms with E-state index in [1.54, 1.807) is 0 Å². The normalized spacial score (nSPS) is 13.8. The molecule has 386 valence electrons. The van der Waals surface area contributed by atoms with E-state index < -0.39 is 0 Å². The highest BCUT2D eigenvalue weighted by atomic mass is 32.1. The van der Waals surface area contributed by atoms with E-state index in [0.29, 0.717) is 0 Å². The summed E-state index contributed by atoms with van der Waals surface area (Å²) in [5.41, 5.74) is 22.0. The third-order valence-electron chi connectivity index (χ3n) is 17.3. The Balaban J connectivity index is 0.684. The quantitative estimate of drug-likeness (QED) is 0.126. The summed E-state index contributed by atoms with van der Waals surface area (Å²) >= 11 is 1.87. The van der Waals surface area contributed by atoms with E-state index in [9.17, 15) is 0 Å². The molecule has 0 atom stereocenters. The highest BCUT2D eigenvalue weighted by molar-refractivity contribution is 7.25. The summed E-state index contributed by atoms with van der Waals surface area (Å²) in [7, 11) is 0. The molecule has 0 spiro atoms. The Kier molecular flexibility index (Phi) is 11.4. The summed E-state index contributed by atoms with van der Waals surface area (Å²) in [4.78, 5) is 4.78. The molecule has 15 rings (SSSR count). The minimum atomic E-state index is -0.184. The maximum absolute atomic E-state index is 2.42. The van der Waals surface area contributed by atoms with Crippen LogP contribution in [0.2, 0.25) is 0 Å². The van der Waals surface area contributed by atoms with Crippen LogP contribution in [0.25, 0.3) is 88.3 Å². The molecule has 13 aromatic rings. The van der Waals surface area contributed by atoms with E-state index in [1.807, 2.05) is 11.3 Å². The molecule has 3 heteroatoms. The first-order valence-electron chi connectivity index (χ1n) is 28.2. The number of hydrogen-bond acceptors (Lipinski definition) is 3. The third-order valence-corrected chi connectivity index (χ3v) is 18.5. The van der Waals surface area contributed by atoms with Crippen molar-refractivity contribution in [1.82, 2.24) is 0 Å². The molecule has 0 saturated heterocycles. The van der Waals surface area contributed by atoms with Gasteiger partial charge in [-0.25, -0.2) is 0 Å². The molecule has 2 aliphatic rings. The van der Waals surface area contributed by atoms with Gasteiger partial charge in [0.1, 0.15) is 0 Å². The predicted octanol–water partition coefficient (Wildman–Crippen LogP) is 22.3. The Bertz CT molecular complexity index is 4410. The second-order valence-corrected chi connectivity index (χ2v) is 24.1. The number of anilines is 6. The van der Waals surface area contributed by atoms with Crippen molar-refractivity contribution in [2.75, 3.05) is 9.80 Å². The molecule has 12 aromatic carbocycles. The van der Waals surface area contributed by atoms with Crippen LogP contribution in [0.5, 0.6) is 0 Å². The van der Waals surface area contributed by atoms with Crippen LogP contribution in [0, 0.1) is 0 Å². The van der Waals surface area contributed by atoms with Gasteiger partial charge in [-0.2, -0.15) is 0 Å². The minimum Gasteiger partial charge on any atom is -0.310 e. The van der Waals surface area contributed by atoms with Crippen molar-refractivity contribution in [2.45, 2.75) is 38.5 Å². The van der Waals surface area contributed by atoms with Gasteiger partial charge in [-0.05, 0) is 185 Å². The molecule has 81 heavy (non-hydrogen) atoms. The van der Waals surface area contributed by atoms with E-state index in [-0.39, 0.29) is 10.8 Å². The Morgan fingerprint density at radius 2 is 0.593 bits per heavy atom. The van der Waals surface area contributed by atoms with E-state index in [1.165, 1.54) is 108 Å². The van der Waals surface area contributed by atoms with Gasteiger partial charge in [-0.1, -0.05) is 210 Å². The summed E-state index contributed by atoms with van der Waals surface area (Å²) in [6.07, 6.45) is 9.13. The predicted molar refractivity (Wildman–Crippen MR) is 350 cm³/mol. The van der Waals surface area contributed by atoms with E-state index in [4.69, 9.17) is 0 Å². The lowest BCUT2D eigenvalue weighted by atomic mass is 9.81. The number of thiophene rings is 1. The molecule has 0 bridgehead atoms. The van der Waals surface area contributed by atoms with Crippen LogP contribution in [0.15, 0.2) is 255 Å². The largest absolute Gasteiger partial charge is 0.310 e. The van der Waals surface area contributed by atoms with Crippen LogP contribution in [0.4, 0.5) is 34.1 Å². The first-order valence-corrected chi connectivity index (χ1v) is 29.0. The van der Waals surface area contributed by atoms with Crippen LogP contribution < -0.4 is 9.80 Å². The second kappa shape index (κ2) is 19.1. The maximum Gasteiger partial charge on any atom is 0.0468 e. The monoisotopic (exact) mass is 1050 g/mol. The standard InChI is InChI=1S/C78H58N2S/c1-77(2)71-45-53(27-37-65(71)67-39-35-63(49-73(67)77)79(59-19-7-5-8-20-59)61-33-31-55-15-11-13-17-57(55)47-61)25-23-51-29-41-75-69(43-51)70-44-52(30-42-76(70)81-75)24-26-54-28-38-66-68-40-36-64(50-74(68)78(3,4)72(66)46-54)80(60-21-9-6-10-22-60)62-34-32-56-16-12-14-18-58(56)48-62/h5-50H,1-4H3/b25-23+,26-24+.